The van der Waals surface area contributed by atoms with Crippen molar-refractivity contribution in [3.05, 3.63) is 18.0 Å². The van der Waals surface area contributed by atoms with E-state index in [0.717, 1.165) is 25.3 Å². The smallest absolute Gasteiger partial charge is 0.0534 e. The lowest BCUT2D eigenvalue weighted by molar-refractivity contribution is 0.534. The highest BCUT2D eigenvalue weighted by Gasteiger charge is 2.03. The molecule has 92 valence electrons. The van der Waals surface area contributed by atoms with E-state index >= 15 is 0 Å². The van der Waals surface area contributed by atoms with E-state index in [9.17, 15) is 4.21 Å². The third-order valence-electron chi connectivity index (χ3n) is 2.50. The van der Waals surface area contributed by atoms with E-state index in [4.69, 9.17) is 0 Å². The fourth-order valence-corrected chi connectivity index (χ4v) is 2.09. The molecule has 1 aromatic rings. The molecule has 4 nitrogen and oxygen atoms in total. The Kier molecular flexibility index (Phi) is 5.69. The van der Waals surface area contributed by atoms with Gasteiger partial charge in [-0.15, -0.1) is 0 Å². The summed E-state index contributed by atoms with van der Waals surface area (Å²) in [5.41, 5.74) is 1.20. The van der Waals surface area contributed by atoms with Crippen LogP contribution >= 0.6 is 0 Å². The first-order valence-electron chi connectivity index (χ1n) is 5.66. The monoisotopic (exact) mass is 243 g/mol. The molecule has 1 aromatic heterocycles. The number of nitrogens with zero attached hydrogens (tertiary/aromatic N) is 2. The van der Waals surface area contributed by atoms with Gasteiger partial charge in [-0.3, -0.25) is 8.89 Å². The van der Waals surface area contributed by atoms with Crippen molar-refractivity contribution in [1.82, 2.24) is 15.1 Å². The van der Waals surface area contributed by atoms with Crippen molar-refractivity contribution in [1.29, 1.82) is 0 Å². The van der Waals surface area contributed by atoms with E-state index in [1.165, 1.54) is 5.56 Å². The second-order valence-electron chi connectivity index (χ2n) is 4.05. The van der Waals surface area contributed by atoms with Gasteiger partial charge in [-0.1, -0.05) is 0 Å². The minimum Gasteiger partial charge on any atom is -0.310 e. The zero-order chi connectivity index (χ0) is 12.0. The lowest BCUT2D eigenvalue weighted by atomic mass is 10.2. The predicted molar refractivity (Wildman–Crippen MR) is 67.8 cm³/mol. The highest BCUT2D eigenvalue weighted by molar-refractivity contribution is 7.84. The van der Waals surface area contributed by atoms with Crippen molar-refractivity contribution < 1.29 is 4.21 Å². The van der Waals surface area contributed by atoms with Crippen LogP contribution in [-0.4, -0.2) is 32.0 Å². The normalized spacial score (nSPS) is 14.9. The molecule has 1 N–H and O–H groups in total. The Hall–Kier alpha value is -0.680. The summed E-state index contributed by atoms with van der Waals surface area (Å²) in [6.45, 7) is 5.93. The van der Waals surface area contributed by atoms with Gasteiger partial charge in [0.1, 0.15) is 0 Å². The summed E-state index contributed by atoms with van der Waals surface area (Å²) in [6.07, 6.45) is 6.64. The topological polar surface area (TPSA) is 46.9 Å². The molecule has 2 unspecified atom stereocenters. The molecule has 0 fully saturated rings. The van der Waals surface area contributed by atoms with Gasteiger partial charge in [0, 0.05) is 53.7 Å². The third kappa shape index (κ3) is 4.90. The molecule has 0 aliphatic rings. The van der Waals surface area contributed by atoms with Crippen LogP contribution in [0.1, 0.15) is 25.8 Å². The molecule has 1 heterocycles. The number of aryl methyl sites for hydroxylation is 1. The van der Waals surface area contributed by atoms with Crippen LogP contribution in [0.5, 0.6) is 0 Å². The van der Waals surface area contributed by atoms with Crippen LogP contribution in [-0.2, 0) is 23.9 Å². The van der Waals surface area contributed by atoms with Gasteiger partial charge in [-0.05, 0) is 20.3 Å². The molecule has 0 spiro atoms. The molecule has 1 rings (SSSR count). The van der Waals surface area contributed by atoms with Gasteiger partial charge in [0.25, 0.3) is 0 Å². The maximum atomic E-state index is 10.9. The average Bonchev–Trinajstić information content (AvgIpc) is 2.71. The summed E-state index contributed by atoms with van der Waals surface area (Å²) in [5, 5.41) is 7.62. The molecule has 5 heteroatoms. The molecular weight excluding hydrogens is 222 g/mol. The molecule has 0 saturated heterocycles. The van der Waals surface area contributed by atoms with Crippen LogP contribution in [0.25, 0.3) is 0 Å². The maximum absolute atomic E-state index is 10.9. The molecule has 0 aromatic carbocycles. The van der Waals surface area contributed by atoms with Gasteiger partial charge in [0.2, 0.25) is 0 Å². The second kappa shape index (κ2) is 6.81. The van der Waals surface area contributed by atoms with Crippen LogP contribution in [0, 0.1) is 0 Å². The van der Waals surface area contributed by atoms with E-state index in [1.54, 1.807) is 6.26 Å². The Morgan fingerprint density at radius 2 is 2.38 bits per heavy atom. The highest BCUT2D eigenvalue weighted by Crippen LogP contribution is 1.99. The van der Waals surface area contributed by atoms with Crippen LogP contribution in [0.3, 0.4) is 0 Å². The van der Waals surface area contributed by atoms with Crippen molar-refractivity contribution in [2.45, 2.75) is 39.4 Å². The van der Waals surface area contributed by atoms with Crippen LogP contribution in [0.4, 0.5) is 0 Å². The first-order chi connectivity index (χ1) is 7.61. The lowest BCUT2D eigenvalue weighted by Crippen LogP contribution is -2.26. The Balaban J connectivity index is 2.25. The lowest BCUT2D eigenvalue weighted by Gasteiger charge is -2.11. The molecular formula is C11H21N3OS. The SMILES string of the molecule is CCn1cc(CNC(C)CCS(C)=O)cn1. The molecule has 0 aliphatic carbocycles. The fraction of sp³-hybridized carbons (Fsp3) is 0.727. The second-order valence-corrected chi connectivity index (χ2v) is 5.61. The van der Waals surface area contributed by atoms with E-state index in [-0.39, 0.29) is 0 Å². The fourth-order valence-electron chi connectivity index (χ4n) is 1.41. The number of rotatable bonds is 7. The average molecular weight is 243 g/mol. The van der Waals surface area contributed by atoms with Gasteiger partial charge >= 0.3 is 0 Å². The van der Waals surface area contributed by atoms with Gasteiger partial charge in [0.05, 0.1) is 6.20 Å². The molecule has 0 amide bonds. The maximum Gasteiger partial charge on any atom is 0.0534 e. The van der Waals surface area contributed by atoms with Crippen LogP contribution in [0.2, 0.25) is 0 Å². The van der Waals surface area contributed by atoms with Gasteiger partial charge < -0.3 is 5.32 Å². The first-order valence-corrected chi connectivity index (χ1v) is 7.39. The number of hydrogen-bond acceptors (Lipinski definition) is 3. The van der Waals surface area contributed by atoms with Crippen molar-refractivity contribution in [3.8, 4) is 0 Å². The summed E-state index contributed by atoms with van der Waals surface area (Å²) in [4.78, 5) is 0. The minimum absolute atomic E-state index is 0.397. The van der Waals surface area contributed by atoms with Crippen molar-refractivity contribution >= 4 is 10.8 Å². The summed E-state index contributed by atoms with van der Waals surface area (Å²) in [5.74, 6) is 0.766. The Bertz CT molecular complexity index is 338. The third-order valence-corrected chi connectivity index (χ3v) is 3.31. The standard InChI is InChI=1S/C11H21N3OS/c1-4-14-9-11(8-13-14)7-12-10(2)5-6-16(3)15/h8-10,12H,4-7H2,1-3H3. The van der Waals surface area contributed by atoms with Crippen molar-refractivity contribution in [2.24, 2.45) is 0 Å². The summed E-state index contributed by atoms with van der Waals surface area (Å²) in [6, 6.07) is 0.397. The Labute approximate surface area is 99.9 Å². The summed E-state index contributed by atoms with van der Waals surface area (Å²) < 4.78 is 12.9. The van der Waals surface area contributed by atoms with Crippen LogP contribution < -0.4 is 5.32 Å². The Morgan fingerprint density at radius 3 is 2.94 bits per heavy atom. The Morgan fingerprint density at radius 1 is 1.62 bits per heavy atom. The molecule has 16 heavy (non-hydrogen) atoms. The zero-order valence-electron chi connectivity index (χ0n) is 10.3. The number of aromatic nitrogens is 2. The molecule has 2 atom stereocenters. The van der Waals surface area contributed by atoms with Gasteiger partial charge in [0.15, 0.2) is 0 Å². The largest absolute Gasteiger partial charge is 0.310 e. The van der Waals surface area contributed by atoms with E-state index < -0.39 is 10.8 Å². The highest BCUT2D eigenvalue weighted by atomic mass is 32.2. The predicted octanol–water partition coefficient (Wildman–Crippen LogP) is 1.15. The van der Waals surface area contributed by atoms with Crippen molar-refractivity contribution in [2.75, 3.05) is 12.0 Å². The van der Waals surface area contributed by atoms with E-state index in [2.05, 4.69) is 30.5 Å². The molecule has 0 radical (unpaired) electrons. The number of nitrogens with one attached hydrogen (secondary N) is 1. The quantitative estimate of drug-likeness (QED) is 0.781. The molecule has 0 aliphatic heterocycles. The van der Waals surface area contributed by atoms with E-state index in [1.807, 2.05) is 10.9 Å². The summed E-state index contributed by atoms with van der Waals surface area (Å²) >= 11 is 0. The van der Waals surface area contributed by atoms with Crippen molar-refractivity contribution in [3.63, 3.8) is 0 Å². The zero-order valence-corrected chi connectivity index (χ0v) is 11.1. The van der Waals surface area contributed by atoms with Crippen LogP contribution in [0.15, 0.2) is 12.4 Å². The first kappa shape index (κ1) is 13.4. The summed E-state index contributed by atoms with van der Waals surface area (Å²) in [7, 11) is -0.688. The number of hydrogen-bond donors (Lipinski definition) is 1. The molecule has 0 bridgehead atoms. The minimum atomic E-state index is -0.688. The van der Waals surface area contributed by atoms with E-state index in [0.29, 0.717) is 6.04 Å². The molecule has 0 saturated carbocycles. The van der Waals surface area contributed by atoms with Gasteiger partial charge in [-0.2, -0.15) is 5.10 Å². The van der Waals surface area contributed by atoms with Gasteiger partial charge in [-0.25, -0.2) is 0 Å².